The van der Waals surface area contributed by atoms with Crippen molar-refractivity contribution in [2.24, 2.45) is 0 Å². The number of alkyl halides is 2. The van der Waals surface area contributed by atoms with E-state index in [-0.39, 0.29) is 5.75 Å². The minimum atomic E-state index is -3.76. The highest BCUT2D eigenvalue weighted by atomic mass is 35.5. The second-order valence-corrected chi connectivity index (χ2v) is 7.56. The first kappa shape index (κ1) is 13.8. The molecule has 0 aliphatic carbocycles. The van der Waals surface area contributed by atoms with E-state index in [1.54, 1.807) is 30.3 Å². The summed E-state index contributed by atoms with van der Waals surface area (Å²) >= 11 is 11.5. The minimum Gasteiger partial charge on any atom is -0.384 e. The molecule has 0 radical (unpaired) electrons. The summed E-state index contributed by atoms with van der Waals surface area (Å²) in [5.74, 6) is -0.232. The number of hydrogen-bond donors (Lipinski definition) is 1. The van der Waals surface area contributed by atoms with E-state index in [0.717, 1.165) is 0 Å². The van der Waals surface area contributed by atoms with Gasteiger partial charge in [-0.2, -0.15) is 0 Å². The van der Waals surface area contributed by atoms with Crippen LogP contribution in [-0.4, -0.2) is 22.9 Å². The number of aliphatic hydroxyl groups is 1. The Balaban J connectivity index is 3.11. The highest BCUT2D eigenvalue weighted by Gasteiger charge is 2.46. The van der Waals surface area contributed by atoms with Gasteiger partial charge in [0.1, 0.15) is 6.10 Å². The van der Waals surface area contributed by atoms with Crippen molar-refractivity contribution in [1.29, 1.82) is 0 Å². The number of sulfone groups is 1. The molecule has 0 heterocycles. The molecule has 6 heteroatoms. The van der Waals surface area contributed by atoms with Crippen LogP contribution in [0.25, 0.3) is 0 Å². The highest BCUT2D eigenvalue weighted by molar-refractivity contribution is 7.95. The molecule has 0 fully saturated rings. The lowest BCUT2D eigenvalue weighted by molar-refractivity contribution is 0.181. The van der Waals surface area contributed by atoms with Crippen molar-refractivity contribution in [1.82, 2.24) is 0 Å². The lowest BCUT2D eigenvalue weighted by Gasteiger charge is -2.25. The maximum absolute atomic E-state index is 11.6. The van der Waals surface area contributed by atoms with Gasteiger partial charge in [0.15, 0.2) is 9.84 Å². The first-order valence-corrected chi connectivity index (χ1v) is 7.07. The Morgan fingerprint density at radius 1 is 1.31 bits per heavy atom. The molecule has 16 heavy (non-hydrogen) atoms. The summed E-state index contributed by atoms with van der Waals surface area (Å²) < 4.78 is 21.0. The van der Waals surface area contributed by atoms with Crippen LogP contribution in [0.3, 0.4) is 0 Å². The number of hydrogen-bond acceptors (Lipinski definition) is 3. The zero-order chi connectivity index (χ0) is 12.4. The van der Waals surface area contributed by atoms with Crippen LogP contribution in [-0.2, 0) is 9.84 Å². The molecular formula is C10H12Cl2O3S. The third-order valence-corrected chi connectivity index (χ3v) is 5.86. The molecule has 90 valence electrons. The molecule has 1 atom stereocenters. The molecule has 0 amide bonds. The summed E-state index contributed by atoms with van der Waals surface area (Å²) in [6, 6.07) is 8.21. The maximum atomic E-state index is 11.6. The van der Waals surface area contributed by atoms with Crippen LogP contribution in [0.4, 0.5) is 0 Å². The molecule has 0 saturated heterocycles. The Hall–Kier alpha value is -0.290. The molecule has 0 aliphatic rings. The normalized spacial score (nSPS) is 14.8. The van der Waals surface area contributed by atoms with E-state index in [9.17, 15) is 13.5 Å². The van der Waals surface area contributed by atoms with E-state index >= 15 is 0 Å². The van der Waals surface area contributed by atoms with Crippen LogP contribution in [0.2, 0.25) is 0 Å². The summed E-state index contributed by atoms with van der Waals surface area (Å²) in [6.45, 7) is 1.42. The molecule has 3 nitrogen and oxygen atoms in total. The van der Waals surface area contributed by atoms with Crippen LogP contribution in [0.5, 0.6) is 0 Å². The largest absolute Gasteiger partial charge is 0.384 e. The van der Waals surface area contributed by atoms with Crippen molar-refractivity contribution in [3.8, 4) is 0 Å². The first-order valence-electron chi connectivity index (χ1n) is 4.66. The monoisotopic (exact) mass is 282 g/mol. The van der Waals surface area contributed by atoms with E-state index in [1.807, 2.05) is 0 Å². The van der Waals surface area contributed by atoms with Gasteiger partial charge in [0.25, 0.3) is 0 Å². The van der Waals surface area contributed by atoms with Gasteiger partial charge >= 0.3 is 0 Å². The first-order chi connectivity index (χ1) is 7.33. The Labute approximate surface area is 105 Å². The number of aliphatic hydroxyl groups excluding tert-OH is 1. The average Bonchev–Trinajstić information content (AvgIpc) is 2.29. The molecule has 1 aromatic rings. The third kappa shape index (κ3) is 2.51. The Morgan fingerprint density at radius 2 is 1.81 bits per heavy atom. The molecule has 0 unspecified atom stereocenters. The van der Waals surface area contributed by atoms with Crippen LogP contribution in [0.1, 0.15) is 18.6 Å². The molecule has 0 aliphatic heterocycles. The molecule has 0 aromatic heterocycles. The fourth-order valence-corrected chi connectivity index (χ4v) is 2.96. The van der Waals surface area contributed by atoms with Crippen molar-refractivity contribution in [2.75, 3.05) is 5.75 Å². The van der Waals surface area contributed by atoms with Crippen molar-refractivity contribution < 1.29 is 13.5 Å². The Kier molecular flexibility index (Phi) is 4.23. The van der Waals surface area contributed by atoms with Crippen molar-refractivity contribution >= 4 is 33.0 Å². The Morgan fingerprint density at radius 3 is 2.25 bits per heavy atom. The third-order valence-electron chi connectivity index (χ3n) is 2.23. The van der Waals surface area contributed by atoms with Gasteiger partial charge in [-0.25, -0.2) is 8.42 Å². The summed E-state index contributed by atoms with van der Waals surface area (Å²) in [5, 5.41) is 9.87. The fourth-order valence-electron chi connectivity index (χ4n) is 1.19. The fraction of sp³-hybridized carbons (Fsp3) is 0.400. The average molecular weight is 283 g/mol. The Bertz CT molecular complexity index is 442. The molecule has 1 N–H and O–H groups in total. The summed E-state index contributed by atoms with van der Waals surface area (Å²) in [6.07, 6.45) is -1.47. The zero-order valence-electron chi connectivity index (χ0n) is 8.60. The number of rotatable bonds is 4. The quantitative estimate of drug-likeness (QED) is 0.862. The topological polar surface area (TPSA) is 54.4 Å². The standard InChI is InChI=1S/C10H12Cl2O3S/c1-2-16(14,15)10(11,12)9(13)8-6-4-3-5-7-8/h3-7,9,13H,2H2,1H3/t9-/m0/s1. The molecule has 0 saturated carbocycles. The number of halogens is 2. The van der Waals surface area contributed by atoms with Gasteiger partial charge in [0.2, 0.25) is 3.67 Å². The predicted octanol–water partition coefficient (Wildman–Crippen LogP) is 2.29. The zero-order valence-corrected chi connectivity index (χ0v) is 10.9. The van der Waals surface area contributed by atoms with Gasteiger partial charge in [-0.3, -0.25) is 0 Å². The number of benzene rings is 1. The van der Waals surface area contributed by atoms with Crippen LogP contribution >= 0.6 is 23.2 Å². The smallest absolute Gasteiger partial charge is 0.247 e. The van der Waals surface area contributed by atoms with E-state index in [1.165, 1.54) is 6.92 Å². The second-order valence-electron chi connectivity index (χ2n) is 3.28. The lowest BCUT2D eigenvalue weighted by Crippen LogP contribution is -2.34. The van der Waals surface area contributed by atoms with Crippen molar-refractivity contribution in [3.63, 3.8) is 0 Å². The second kappa shape index (κ2) is 4.92. The summed E-state index contributed by atoms with van der Waals surface area (Å²) in [4.78, 5) is 0. The molecule has 0 spiro atoms. The van der Waals surface area contributed by atoms with Crippen molar-refractivity contribution in [2.45, 2.75) is 16.7 Å². The summed E-state index contributed by atoms with van der Waals surface area (Å²) in [7, 11) is -3.76. The van der Waals surface area contributed by atoms with Gasteiger partial charge < -0.3 is 5.11 Å². The van der Waals surface area contributed by atoms with Gasteiger partial charge in [0.05, 0.1) is 5.75 Å². The van der Waals surface area contributed by atoms with E-state index in [0.29, 0.717) is 5.56 Å². The van der Waals surface area contributed by atoms with E-state index < -0.39 is 19.6 Å². The SMILES string of the molecule is CCS(=O)(=O)C(Cl)(Cl)[C@@H](O)c1ccccc1. The van der Waals surface area contributed by atoms with E-state index in [2.05, 4.69) is 0 Å². The molecule has 0 bridgehead atoms. The molecule has 1 aromatic carbocycles. The van der Waals surface area contributed by atoms with Crippen LogP contribution < -0.4 is 0 Å². The molecular weight excluding hydrogens is 271 g/mol. The van der Waals surface area contributed by atoms with E-state index in [4.69, 9.17) is 23.2 Å². The van der Waals surface area contributed by atoms with Crippen molar-refractivity contribution in [3.05, 3.63) is 35.9 Å². The van der Waals surface area contributed by atoms with Gasteiger partial charge in [-0.15, -0.1) is 0 Å². The lowest BCUT2D eigenvalue weighted by atomic mass is 10.1. The van der Waals surface area contributed by atoms with Gasteiger partial charge in [-0.1, -0.05) is 60.5 Å². The van der Waals surface area contributed by atoms with Gasteiger partial charge in [0, 0.05) is 0 Å². The highest BCUT2D eigenvalue weighted by Crippen LogP contribution is 2.41. The minimum absolute atomic E-state index is 0.232. The van der Waals surface area contributed by atoms with Crippen LogP contribution in [0.15, 0.2) is 30.3 Å². The summed E-state index contributed by atoms with van der Waals surface area (Å²) in [5.41, 5.74) is 0.365. The van der Waals surface area contributed by atoms with Crippen LogP contribution in [0, 0.1) is 0 Å². The molecule has 1 rings (SSSR count). The maximum Gasteiger partial charge on any atom is 0.247 e. The predicted molar refractivity (Wildman–Crippen MR) is 65.3 cm³/mol. The van der Waals surface area contributed by atoms with Gasteiger partial charge in [-0.05, 0) is 5.56 Å².